The molecule has 17 heavy (non-hydrogen) atoms. The minimum atomic E-state index is -0.750. The van der Waals surface area contributed by atoms with Gasteiger partial charge < -0.3 is 14.8 Å². The third kappa shape index (κ3) is 5.35. The number of hydrogen-bond donors (Lipinski definition) is 2. The van der Waals surface area contributed by atoms with E-state index < -0.39 is 7.69 Å². The van der Waals surface area contributed by atoms with Gasteiger partial charge in [-0.3, -0.25) is 4.98 Å². The maximum atomic E-state index is 7.12. The Morgan fingerprint density at radius 1 is 0.941 bits per heavy atom. The minimum absolute atomic E-state index is 0.701. The van der Waals surface area contributed by atoms with Gasteiger partial charge in [0, 0.05) is 17.4 Å². The zero-order chi connectivity index (χ0) is 12.5. The summed E-state index contributed by atoms with van der Waals surface area (Å²) in [6.07, 6.45) is 3.37. The van der Waals surface area contributed by atoms with E-state index in [4.69, 9.17) is 26.4 Å². The second kappa shape index (κ2) is 7.68. The van der Waals surface area contributed by atoms with Crippen LogP contribution in [0.5, 0.6) is 11.5 Å². The van der Waals surface area contributed by atoms with Crippen molar-refractivity contribution < 1.29 is 14.8 Å². The zero-order valence-electron chi connectivity index (χ0n) is 8.95. The second-order valence-electron chi connectivity index (χ2n) is 2.88. The van der Waals surface area contributed by atoms with Crippen molar-refractivity contribution in [3.63, 3.8) is 0 Å². The van der Waals surface area contributed by atoms with E-state index in [1.165, 1.54) is 0 Å². The standard InChI is InChI=1S/C11H8ClNO.BH3O2/c12-9-1-3-10(4-2-9)14-11-5-7-13-8-6-11;2-1-3/h1-8H;1-3H. The van der Waals surface area contributed by atoms with Crippen LogP contribution in [0.25, 0.3) is 0 Å². The molecule has 0 saturated carbocycles. The number of pyridine rings is 1. The molecule has 0 amide bonds. The Kier molecular flexibility index (Phi) is 6.10. The molecule has 4 nitrogen and oxygen atoms in total. The fraction of sp³-hybridized carbons (Fsp3) is 0. The molecule has 2 aromatic rings. The van der Waals surface area contributed by atoms with E-state index in [-0.39, 0.29) is 0 Å². The molecule has 0 saturated heterocycles. The molecule has 6 heteroatoms. The van der Waals surface area contributed by atoms with E-state index in [1.54, 1.807) is 36.7 Å². The summed E-state index contributed by atoms with van der Waals surface area (Å²) in [6, 6.07) is 10.8. The SMILES string of the molecule is Clc1ccc(Oc2ccncc2)cc1.OBO. The van der Waals surface area contributed by atoms with Crippen molar-refractivity contribution >= 4 is 19.3 Å². The van der Waals surface area contributed by atoms with Crippen LogP contribution in [-0.2, 0) is 0 Å². The highest BCUT2D eigenvalue weighted by Crippen LogP contribution is 2.21. The van der Waals surface area contributed by atoms with Crippen LogP contribution in [0.2, 0.25) is 5.02 Å². The summed E-state index contributed by atoms with van der Waals surface area (Å²) in [5.41, 5.74) is 0. The summed E-state index contributed by atoms with van der Waals surface area (Å²) in [7, 11) is -0.750. The van der Waals surface area contributed by atoms with Gasteiger partial charge in [-0.25, -0.2) is 0 Å². The highest BCUT2D eigenvalue weighted by Gasteiger charge is 1.95. The second-order valence-corrected chi connectivity index (χ2v) is 3.32. The van der Waals surface area contributed by atoms with E-state index in [1.807, 2.05) is 12.1 Å². The van der Waals surface area contributed by atoms with Gasteiger partial charge in [-0.05, 0) is 36.4 Å². The molecule has 0 unspecified atom stereocenters. The van der Waals surface area contributed by atoms with Gasteiger partial charge in [-0.15, -0.1) is 0 Å². The highest BCUT2D eigenvalue weighted by molar-refractivity contribution is 6.30. The van der Waals surface area contributed by atoms with E-state index >= 15 is 0 Å². The van der Waals surface area contributed by atoms with Crippen molar-refractivity contribution in [1.29, 1.82) is 0 Å². The van der Waals surface area contributed by atoms with Crippen molar-refractivity contribution in [2.24, 2.45) is 0 Å². The van der Waals surface area contributed by atoms with E-state index in [9.17, 15) is 0 Å². The summed E-state index contributed by atoms with van der Waals surface area (Å²) in [5, 5.41) is 15.0. The van der Waals surface area contributed by atoms with Crippen molar-refractivity contribution in [2.45, 2.75) is 0 Å². The lowest BCUT2D eigenvalue weighted by Crippen LogP contribution is -1.83. The minimum Gasteiger partial charge on any atom is -0.457 e. The third-order valence-corrected chi connectivity index (χ3v) is 1.95. The Bertz CT molecular complexity index is 424. The molecule has 0 radical (unpaired) electrons. The predicted octanol–water partition coefficient (Wildman–Crippen LogP) is 1.76. The normalized spacial score (nSPS) is 8.88. The van der Waals surface area contributed by atoms with Crippen molar-refractivity contribution in [3.8, 4) is 11.5 Å². The maximum absolute atomic E-state index is 7.12. The number of halogens is 1. The van der Waals surface area contributed by atoms with Crippen molar-refractivity contribution in [2.75, 3.05) is 0 Å². The lowest BCUT2D eigenvalue weighted by Gasteiger charge is -2.04. The van der Waals surface area contributed by atoms with Crippen LogP contribution in [-0.4, -0.2) is 22.7 Å². The number of hydrogen-bond acceptors (Lipinski definition) is 4. The summed E-state index contributed by atoms with van der Waals surface area (Å²) in [6.45, 7) is 0. The van der Waals surface area contributed by atoms with Gasteiger partial charge in [-0.1, -0.05) is 11.6 Å². The van der Waals surface area contributed by atoms with Crippen LogP contribution in [0.4, 0.5) is 0 Å². The average molecular weight is 251 g/mol. The fourth-order valence-electron chi connectivity index (χ4n) is 1.04. The quantitative estimate of drug-likeness (QED) is 0.799. The first-order valence-corrected chi connectivity index (χ1v) is 5.19. The molecule has 0 aliphatic heterocycles. The molecule has 0 aliphatic rings. The highest BCUT2D eigenvalue weighted by atomic mass is 35.5. The fourth-order valence-corrected chi connectivity index (χ4v) is 1.17. The van der Waals surface area contributed by atoms with E-state index in [2.05, 4.69) is 4.98 Å². The largest absolute Gasteiger partial charge is 0.457 e. The summed E-state index contributed by atoms with van der Waals surface area (Å²) >= 11 is 5.75. The van der Waals surface area contributed by atoms with Crippen LogP contribution in [0.15, 0.2) is 48.8 Å². The predicted molar refractivity (Wildman–Crippen MR) is 67.3 cm³/mol. The van der Waals surface area contributed by atoms with Gasteiger partial charge in [0.25, 0.3) is 0 Å². The molecule has 0 bridgehead atoms. The summed E-state index contributed by atoms with van der Waals surface area (Å²) in [5.74, 6) is 1.53. The van der Waals surface area contributed by atoms with E-state index in [0.29, 0.717) is 5.02 Å². The van der Waals surface area contributed by atoms with Crippen LogP contribution >= 0.6 is 11.6 Å². The van der Waals surface area contributed by atoms with Crippen LogP contribution in [0.3, 0.4) is 0 Å². The molecule has 1 aromatic carbocycles. The summed E-state index contributed by atoms with van der Waals surface area (Å²) in [4.78, 5) is 3.90. The number of benzene rings is 1. The first-order chi connectivity index (χ1) is 8.26. The molecular formula is C11H11BClNO3. The molecule has 0 aliphatic carbocycles. The molecule has 1 aromatic heterocycles. The molecule has 1 heterocycles. The Morgan fingerprint density at radius 2 is 1.41 bits per heavy atom. The molecule has 2 rings (SSSR count). The number of nitrogens with zero attached hydrogens (tertiary/aromatic N) is 1. The molecule has 0 spiro atoms. The van der Waals surface area contributed by atoms with Gasteiger partial charge in [0.2, 0.25) is 0 Å². The van der Waals surface area contributed by atoms with Gasteiger partial charge >= 0.3 is 7.69 Å². The zero-order valence-corrected chi connectivity index (χ0v) is 9.71. The maximum Gasteiger partial charge on any atom is 0.432 e. The van der Waals surface area contributed by atoms with Crippen LogP contribution in [0, 0.1) is 0 Å². The summed E-state index contributed by atoms with van der Waals surface area (Å²) < 4.78 is 5.53. The lowest BCUT2D eigenvalue weighted by atomic mass is 10.3. The van der Waals surface area contributed by atoms with Crippen molar-refractivity contribution in [3.05, 3.63) is 53.8 Å². The van der Waals surface area contributed by atoms with Crippen LogP contribution in [0.1, 0.15) is 0 Å². The topological polar surface area (TPSA) is 62.6 Å². The van der Waals surface area contributed by atoms with Crippen LogP contribution < -0.4 is 4.74 Å². The Morgan fingerprint density at radius 3 is 1.94 bits per heavy atom. The van der Waals surface area contributed by atoms with E-state index in [0.717, 1.165) is 11.5 Å². The van der Waals surface area contributed by atoms with Gasteiger partial charge in [0.05, 0.1) is 0 Å². The first-order valence-electron chi connectivity index (χ1n) is 4.81. The molecular weight excluding hydrogens is 240 g/mol. The van der Waals surface area contributed by atoms with Gasteiger partial charge in [0.15, 0.2) is 0 Å². The average Bonchev–Trinajstić information content (AvgIpc) is 2.35. The smallest absolute Gasteiger partial charge is 0.432 e. The van der Waals surface area contributed by atoms with Gasteiger partial charge in [0.1, 0.15) is 11.5 Å². The number of rotatable bonds is 2. The molecule has 0 fully saturated rings. The molecule has 88 valence electrons. The van der Waals surface area contributed by atoms with Crippen molar-refractivity contribution in [1.82, 2.24) is 4.98 Å². The monoisotopic (exact) mass is 251 g/mol. The lowest BCUT2D eigenvalue weighted by molar-refractivity contribution is 0.448. The first kappa shape index (κ1) is 13.5. The number of ether oxygens (including phenoxy) is 1. The van der Waals surface area contributed by atoms with Gasteiger partial charge in [-0.2, -0.15) is 0 Å². The molecule has 0 atom stereocenters. The molecule has 2 N–H and O–H groups in total. The Hall–Kier alpha value is -1.56. The Labute approximate surface area is 105 Å². The third-order valence-electron chi connectivity index (χ3n) is 1.70. The number of aromatic nitrogens is 1. The Balaban J connectivity index is 0.000000437.